The molecule has 1 fully saturated rings. The van der Waals surface area contributed by atoms with Crippen LogP contribution in [0.4, 0.5) is 11.5 Å². The lowest BCUT2D eigenvalue weighted by Gasteiger charge is -2.36. The van der Waals surface area contributed by atoms with Gasteiger partial charge in [-0.1, -0.05) is 30.3 Å². The number of sulfonamides is 1. The average molecular weight is 472 g/mol. The van der Waals surface area contributed by atoms with Crippen LogP contribution in [0.1, 0.15) is 6.99 Å². The maximum Gasteiger partial charge on any atom is 0.263 e. The molecule has 0 spiro atoms. The summed E-state index contributed by atoms with van der Waals surface area (Å²) in [5.41, 5.74) is 1.94. The van der Waals surface area contributed by atoms with Crippen molar-refractivity contribution in [3.05, 3.63) is 78.8 Å². The monoisotopic (exact) mass is 471 g/mol. The van der Waals surface area contributed by atoms with Gasteiger partial charge in [-0.25, -0.2) is 18.4 Å². The van der Waals surface area contributed by atoms with Gasteiger partial charge in [-0.15, -0.1) is 0 Å². The second kappa shape index (κ2) is 11.4. The van der Waals surface area contributed by atoms with Gasteiger partial charge in [0.25, 0.3) is 10.0 Å². The Morgan fingerprint density at radius 3 is 2.27 bits per heavy atom. The fraction of sp³-hybridized carbons (Fsp3) is 0.261. The van der Waals surface area contributed by atoms with Crippen LogP contribution in [0.3, 0.4) is 0 Å². The molecule has 176 valence electrons. The van der Waals surface area contributed by atoms with E-state index in [1.54, 1.807) is 24.3 Å². The Balaban J connectivity index is 0.00000133. The molecule has 9 nitrogen and oxygen atoms in total. The Hall–Kier alpha value is -3.50. The second-order valence-electron chi connectivity index (χ2n) is 7.22. The van der Waals surface area contributed by atoms with E-state index in [4.69, 9.17) is 5.11 Å². The first kappa shape index (κ1) is 24.1. The summed E-state index contributed by atoms with van der Waals surface area (Å²) in [5.74, 6) is 0.346. The fourth-order valence-electron chi connectivity index (χ4n) is 3.48. The first-order chi connectivity index (χ1) is 16.0. The average Bonchev–Trinajstić information content (AvgIpc) is 2.86. The van der Waals surface area contributed by atoms with Crippen molar-refractivity contribution in [3.63, 3.8) is 0 Å². The number of hydrogen-bond donors (Lipinski definition) is 2. The summed E-state index contributed by atoms with van der Waals surface area (Å²) in [7, 11) is -2.72. The number of amides is 1. The number of nitrogens with one attached hydrogen (secondary N) is 1. The number of hydrogen-bond acceptors (Lipinski definition) is 7. The van der Waals surface area contributed by atoms with E-state index in [1.807, 2.05) is 35.2 Å². The molecule has 1 amide bonds. The van der Waals surface area contributed by atoms with E-state index in [9.17, 15) is 13.2 Å². The molecule has 3 aromatic rings. The molecule has 1 aliphatic heterocycles. The first-order valence-electron chi connectivity index (χ1n) is 10.4. The van der Waals surface area contributed by atoms with Crippen LogP contribution < -0.4 is 9.62 Å². The summed E-state index contributed by atoms with van der Waals surface area (Å²) in [6.45, 7) is 2.68. The van der Waals surface area contributed by atoms with Gasteiger partial charge in [-0.3, -0.25) is 9.52 Å². The molecule has 33 heavy (non-hydrogen) atoms. The van der Waals surface area contributed by atoms with Crippen molar-refractivity contribution in [1.82, 2.24) is 14.9 Å². The van der Waals surface area contributed by atoms with Crippen molar-refractivity contribution < 1.29 is 19.7 Å². The zero-order valence-corrected chi connectivity index (χ0v) is 19.1. The summed E-state index contributed by atoms with van der Waals surface area (Å²) in [6, 6.07) is 18.0. The summed E-state index contributed by atoms with van der Waals surface area (Å²) in [4.78, 5) is 24.4. The van der Waals surface area contributed by atoms with Crippen molar-refractivity contribution in [1.29, 1.82) is 0 Å². The van der Waals surface area contributed by atoms with Crippen molar-refractivity contribution in [3.8, 4) is 0 Å². The number of nitrogens with zero attached hydrogens (tertiary/aromatic N) is 4. The van der Waals surface area contributed by atoms with E-state index >= 15 is 0 Å². The normalized spacial score (nSPS) is 13.6. The number of aliphatic hydroxyl groups is 1. The smallest absolute Gasteiger partial charge is 0.263 e. The first-order valence-corrected chi connectivity index (χ1v) is 11.9. The minimum Gasteiger partial charge on any atom is -0.400 e. The molecule has 10 heteroatoms. The van der Waals surface area contributed by atoms with Gasteiger partial charge >= 0.3 is 0 Å². The number of aromatic nitrogens is 2. The van der Waals surface area contributed by atoms with E-state index < -0.39 is 10.0 Å². The number of benzene rings is 2. The highest BCUT2D eigenvalue weighted by molar-refractivity contribution is 7.92. The van der Waals surface area contributed by atoms with Gasteiger partial charge in [0, 0.05) is 46.6 Å². The van der Waals surface area contributed by atoms with E-state index in [0.717, 1.165) is 18.4 Å². The van der Waals surface area contributed by atoms with E-state index in [1.165, 1.54) is 18.6 Å². The molecule has 1 saturated heterocycles. The van der Waals surface area contributed by atoms with E-state index in [0.29, 0.717) is 32.6 Å². The molecule has 2 heterocycles. The Kier molecular flexibility index (Phi) is 8.34. The van der Waals surface area contributed by atoms with Crippen molar-refractivity contribution in [2.24, 2.45) is 0 Å². The summed E-state index contributed by atoms with van der Waals surface area (Å²) < 4.78 is 27.5. The molecule has 0 radical (unpaired) electrons. The zero-order valence-electron chi connectivity index (χ0n) is 18.3. The quantitative estimate of drug-likeness (QED) is 0.565. The zero-order chi connectivity index (χ0) is 23.7. The van der Waals surface area contributed by atoms with Crippen LogP contribution in [0.15, 0.2) is 78.1 Å². The molecular formula is C23H29N5O4S. The van der Waals surface area contributed by atoms with Gasteiger partial charge in [-0.05, 0) is 35.9 Å². The van der Waals surface area contributed by atoms with Crippen molar-refractivity contribution in [2.75, 3.05) is 42.9 Å². The molecule has 0 unspecified atom stereocenters. The molecule has 0 saturated carbocycles. The number of carbonyl (C=O) groups is 1. The van der Waals surface area contributed by atoms with E-state index in [2.05, 4.69) is 19.6 Å². The van der Waals surface area contributed by atoms with E-state index in [-0.39, 0.29) is 18.0 Å². The molecule has 1 aromatic heterocycles. The molecule has 2 N–H and O–H groups in total. The standard InChI is InChI=1S/C22H23N5O3S.CH4O.H2/c28-22(16-18-4-2-1-3-5-18)27-14-12-26(13-15-27)19-6-8-20(9-7-19)31(29,30)25-21-10-11-23-17-24-21;1-2;/h1-11,17H,12-16H2,(H,23,24,25);2H,1H3;1H. The van der Waals surface area contributed by atoms with Gasteiger partial charge < -0.3 is 14.9 Å². The highest BCUT2D eigenvalue weighted by Gasteiger charge is 2.22. The van der Waals surface area contributed by atoms with Crippen LogP contribution >= 0.6 is 0 Å². The van der Waals surface area contributed by atoms with Crippen molar-refractivity contribution >= 4 is 27.4 Å². The van der Waals surface area contributed by atoms with Crippen LogP contribution in [0.2, 0.25) is 0 Å². The van der Waals surface area contributed by atoms with Crippen molar-refractivity contribution in [2.45, 2.75) is 11.3 Å². The predicted molar refractivity (Wildman–Crippen MR) is 128 cm³/mol. The van der Waals surface area contributed by atoms with Crippen LogP contribution in [-0.2, 0) is 21.2 Å². The highest BCUT2D eigenvalue weighted by atomic mass is 32.2. The van der Waals surface area contributed by atoms with Crippen LogP contribution in [0.5, 0.6) is 0 Å². The molecule has 0 aliphatic carbocycles. The predicted octanol–water partition coefficient (Wildman–Crippen LogP) is 2.02. The second-order valence-corrected chi connectivity index (χ2v) is 8.91. The molecular weight excluding hydrogens is 442 g/mol. The highest BCUT2D eigenvalue weighted by Crippen LogP contribution is 2.21. The lowest BCUT2D eigenvalue weighted by Crippen LogP contribution is -2.49. The minimum atomic E-state index is -3.72. The van der Waals surface area contributed by atoms with Gasteiger partial charge in [0.15, 0.2) is 0 Å². The molecule has 1 aliphatic rings. The number of rotatable bonds is 6. The Morgan fingerprint density at radius 2 is 1.67 bits per heavy atom. The third-order valence-electron chi connectivity index (χ3n) is 5.16. The molecule has 0 atom stereocenters. The molecule has 4 rings (SSSR count). The van der Waals surface area contributed by atoms with Gasteiger partial charge in [0.1, 0.15) is 12.1 Å². The van der Waals surface area contributed by atoms with Crippen LogP contribution in [0.25, 0.3) is 0 Å². The third-order valence-corrected chi connectivity index (χ3v) is 6.53. The van der Waals surface area contributed by atoms with Gasteiger partial charge in [0.2, 0.25) is 5.91 Å². The summed E-state index contributed by atoms with van der Waals surface area (Å²) >= 11 is 0. The topological polar surface area (TPSA) is 116 Å². The minimum absolute atomic E-state index is 0. The van der Waals surface area contributed by atoms with Gasteiger partial charge in [-0.2, -0.15) is 0 Å². The van der Waals surface area contributed by atoms with Crippen LogP contribution in [-0.4, -0.2) is 67.6 Å². The number of piperazine rings is 1. The number of aliphatic hydroxyl groups excluding tert-OH is 1. The Labute approximate surface area is 195 Å². The largest absolute Gasteiger partial charge is 0.400 e. The Morgan fingerprint density at radius 1 is 1.00 bits per heavy atom. The van der Waals surface area contributed by atoms with Crippen LogP contribution in [0, 0.1) is 0 Å². The Bertz CT molecular complexity index is 1130. The third kappa shape index (κ3) is 6.50. The summed E-state index contributed by atoms with van der Waals surface area (Å²) in [6.07, 6.45) is 3.16. The summed E-state index contributed by atoms with van der Waals surface area (Å²) in [5, 5.41) is 7.00. The maximum atomic E-state index is 12.5. The SMILES string of the molecule is CO.O=C(Cc1ccccc1)N1CCN(c2ccc(S(=O)(=O)Nc3ccncn3)cc2)CC1.[HH]. The van der Waals surface area contributed by atoms with Gasteiger partial charge in [0.05, 0.1) is 11.3 Å². The fourth-order valence-corrected chi connectivity index (χ4v) is 4.49. The number of anilines is 2. The molecule has 2 aromatic carbocycles. The molecule has 0 bridgehead atoms. The number of carbonyl (C=O) groups excluding carboxylic acids is 1. The lowest BCUT2D eigenvalue weighted by atomic mass is 10.1. The maximum absolute atomic E-state index is 12.5. The lowest BCUT2D eigenvalue weighted by molar-refractivity contribution is -0.130.